The molecule has 0 radical (unpaired) electrons. The number of hydrogen-bond acceptors (Lipinski definition) is 1. The molecule has 3 aromatic rings. The molecule has 0 bridgehead atoms. The lowest BCUT2D eigenvalue weighted by Crippen LogP contribution is -2.23. The monoisotopic (exact) mass is 438 g/mol. The largest absolute Gasteiger partial charge is 0.429 e. The summed E-state index contributed by atoms with van der Waals surface area (Å²) < 4.78 is 87.3. The van der Waals surface area contributed by atoms with Crippen molar-refractivity contribution >= 4 is 0 Å². The van der Waals surface area contributed by atoms with E-state index in [-0.39, 0.29) is 5.56 Å². The minimum Gasteiger partial charge on any atom is -0.429 e. The van der Waals surface area contributed by atoms with E-state index in [2.05, 4.69) is 4.74 Å². The summed E-state index contributed by atoms with van der Waals surface area (Å²) in [7, 11) is 0. The summed E-state index contributed by atoms with van der Waals surface area (Å²) in [6, 6.07) is 10.9. The maximum absolute atomic E-state index is 14.8. The van der Waals surface area contributed by atoms with E-state index in [4.69, 9.17) is 0 Å². The molecule has 3 aromatic carbocycles. The average Bonchev–Trinajstić information content (AvgIpc) is 2.63. The topological polar surface area (TPSA) is 9.23 Å². The molecular formula is C24H20F6O. The SMILES string of the molecule is Cc1ccc(-c2ccc(C(F)(F)Oc3cc(F)c(C)c(C(F)(F)F)c3)c(C)c2)c(C)c1. The number of halogens is 6. The molecule has 3 rings (SSSR count). The van der Waals surface area contributed by atoms with E-state index in [1.165, 1.54) is 19.1 Å². The molecule has 164 valence electrons. The molecular weight excluding hydrogens is 418 g/mol. The van der Waals surface area contributed by atoms with Crippen LogP contribution in [-0.4, -0.2) is 0 Å². The Kier molecular flexibility index (Phi) is 5.82. The smallest absolute Gasteiger partial charge is 0.426 e. The van der Waals surface area contributed by atoms with Gasteiger partial charge in [0.25, 0.3) is 0 Å². The normalized spacial score (nSPS) is 12.2. The highest BCUT2D eigenvalue weighted by Gasteiger charge is 2.39. The first kappa shape index (κ1) is 22.7. The highest BCUT2D eigenvalue weighted by Crippen LogP contribution is 2.39. The first-order valence-electron chi connectivity index (χ1n) is 9.42. The van der Waals surface area contributed by atoms with Crippen LogP contribution in [0.25, 0.3) is 11.1 Å². The van der Waals surface area contributed by atoms with Gasteiger partial charge in [0.1, 0.15) is 11.6 Å². The Morgan fingerprint density at radius 1 is 0.710 bits per heavy atom. The van der Waals surface area contributed by atoms with Gasteiger partial charge in [0.2, 0.25) is 0 Å². The van der Waals surface area contributed by atoms with Crippen molar-refractivity contribution in [1.29, 1.82) is 0 Å². The fraction of sp³-hybridized carbons (Fsp3) is 0.250. The van der Waals surface area contributed by atoms with Crippen LogP contribution in [0, 0.1) is 33.5 Å². The second kappa shape index (κ2) is 7.94. The second-order valence-corrected chi connectivity index (χ2v) is 7.54. The van der Waals surface area contributed by atoms with Gasteiger partial charge in [-0.2, -0.15) is 22.0 Å². The Balaban J connectivity index is 1.97. The number of rotatable bonds is 4. The van der Waals surface area contributed by atoms with Gasteiger partial charge in [0, 0.05) is 6.07 Å². The maximum atomic E-state index is 14.8. The van der Waals surface area contributed by atoms with Gasteiger partial charge in [-0.1, -0.05) is 35.9 Å². The quantitative estimate of drug-likeness (QED) is 0.377. The third-order valence-corrected chi connectivity index (χ3v) is 5.10. The van der Waals surface area contributed by atoms with Gasteiger partial charge in [-0.05, 0) is 67.6 Å². The third kappa shape index (κ3) is 4.70. The summed E-state index contributed by atoms with van der Waals surface area (Å²) in [6.45, 7) is 6.24. The van der Waals surface area contributed by atoms with Crippen molar-refractivity contribution < 1.29 is 31.1 Å². The van der Waals surface area contributed by atoms with Crippen LogP contribution in [0.15, 0.2) is 48.5 Å². The molecule has 0 fully saturated rings. The Hall–Kier alpha value is -2.96. The van der Waals surface area contributed by atoms with E-state index in [1.54, 1.807) is 6.07 Å². The summed E-state index contributed by atoms with van der Waals surface area (Å²) in [6.07, 6.45) is -8.86. The highest BCUT2D eigenvalue weighted by molar-refractivity contribution is 5.69. The molecule has 0 aliphatic rings. The number of aryl methyl sites for hydroxylation is 3. The van der Waals surface area contributed by atoms with Gasteiger partial charge in [-0.3, -0.25) is 0 Å². The lowest BCUT2D eigenvalue weighted by atomic mass is 9.95. The molecule has 0 unspecified atom stereocenters. The third-order valence-electron chi connectivity index (χ3n) is 5.10. The lowest BCUT2D eigenvalue weighted by Gasteiger charge is -2.22. The molecule has 0 amide bonds. The summed E-state index contributed by atoms with van der Waals surface area (Å²) >= 11 is 0. The molecule has 0 aromatic heterocycles. The summed E-state index contributed by atoms with van der Waals surface area (Å²) in [5.41, 5.74) is 1.26. The molecule has 0 aliphatic heterocycles. The fourth-order valence-electron chi connectivity index (χ4n) is 3.51. The molecule has 0 N–H and O–H groups in total. The standard InChI is InChI=1S/C24H20F6O/c1-13-5-7-19(14(2)9-13)17-6-8-20(15(3)10-17)24(29,30)31-18-11-21(23(26,27)28)16(4)22(25)12-18/h5-12H,1-4H3. The fourth-order valence-corrected chi connectivity index (χ4v) is 3.51. The zero-order valence-electron chi connectivity index (χ0n) is 17.3. The molecule has 31 heavy (non-hydrogen) atoms. The van der Waals surface area contributed by atoms with Crippen molar-refractivity contribution in [3.63, 3.8) is 0 Å². The molecule has 0 aliphatic carbocycles. The maximum Gasteiger partial charge on any atom is 0.426 e. The van der Waals surface area contributed by atoms with Crippen LogP contribution in [0.1, 0.15) is 33.4 Å². The molecule has 0 spiro atoms. The van der Waals surface area contributed by atoms with Crippen molar-refractivity contribution in [3.05, 3.63) is 87.7 Å². The average molecular weight is 438 g/mol. The number of ether oxygens (including phenoxy) is 1. The van der Waals surface area contributed by atoms with E-state index in [0.717, 1.165) is 29.2 Å². The van der Waals surface area contributed by atoms with Crippen LogP contribution < -0.4 is 4.74 Å². The molecule has 0 saturated carbocycles. The lowest BCUT2D eigenvalue weighted by molar-refractivity contribution is -0.186. The van der Waals surface area contributed by atoms with Crippen molar-refractivity contribution in [3.8, 4) is 16.9 Å². The van der Waals surface area contributed by atoms with Crippen LogP contribution in [0.5, 0.6) is 5.75 Å². The first-order chi connectivity index (χ1) is 14.3. The molecule has 0 heterocycles. The van der Waals surface area contributed by atoms with Crippen LogP contribution in [0.4, 0.5) is 26.3 Å². The van der Waals surface area contributed by atoms with E-state index in [1.807, 2.05) is 32.0 Å². The summed E-state index contributed by atoms with van der Waals surface area (Å²) in [5, 5.41) is 0. The van der Waals surface area contributed by atoms with Gasteiger partial charge in [0.05, 0.1) is 11.1 Å². The van der Waals surface area contributed by atoms with Crippen molar-refractivity contribution in [2.24, 2.45) is 0 Å². The minimum absolute atomic E-state index is 0.186. The van der Waals surface area contributed by atoms with Gasteiger partial charge >= 0.3 is 12.3 Å². The zero-order chi connectivity index (χ0) is 23.1. The van der Waals surface area contributed by atoms with E-state index < -0.39 is 40.5 Å². The summed E-state index contributed by atoms with van der Waals surface area (Å²) in [5.74, 6) is -2.18. The van der Waals surface area contributed by atoms with Crippen LogP contribution >= 0.6 is 0 Å². The Bertz CT molecular complexity index is 1130. The summed E-state index contributed by atoms with van der Waals surface area (Å²) in [4.78, 5) is 0. The minimum atomic E-state index is -4.90. The second-order valence-electron chi connectivity index (χ2n) is 7.54. The predicted octanol–water partition coefficient (Wildman–Crippen LogP) is 7.87. The molecule has 7 heteroatoms. The molecule has 0 saturated heterocycles. The first-order valence-corrected chi connectivity index (χ1v) is 9.42. The number of alkyl halides is 5. The van der Waals surface area contributed by atoms with Crippen LogP contribution in [0.2, 0.25) is 0 Å². The van der Waals surface area contributed by atoms with Crippen molar-refractivity contribution in [2.45, 2.75) is 40.0 Å². The van der Waals surface area contributed by atoms with Crippen molar-refractivity contribution in [1.82, 2.24) is 0 Å². The van der Waals surface area contributed by atoms with Gasteiger partial charge in [-0.25, -0.2) is 4.39 Å². The number of benzene rings is 3. The van der Waals surface area contributed by atoms with E-state index in [9.17, 15) is 26.3 Å². The van der Waals surface area contributed by atoms with Crippen LogP contribution in [0.3, 0.4) is 0 Å². The van der Waals surface area contributed by atoms with E-state index >= 15 is 0 Å². The predicted molar refractivity (Wildman–Crippen MR) is 107 cm³/mol. The van der Waals surface area contributed by atoms with Crippen LogP contribution in [-0.2, 0) is 12.3 Å². The van der Waals surface area contributed by atoms with E-state index in [0.29, 0.717) is 12.1 Å². The van der Waals surface area contributed by atoms with Gasteiger partial charge < -0.3 is 4.74 Å². The molecule has 0 atom stereocenters. The highest BCUT2D eigenvalue weighted by atomic mass is 19.4. The Morgan fingerprint density at radius 2 is 1.39 bits per heavy atom. The Labute approximate surface area is 176 Å². The Morgan fingerprint density at radius 3 is 1.97 bits per heavy atom. The van der Waals surface area contributed by atoms with Crippen molar-refractivity contribution in [2.75, 3.05) is 0 Å². The molecule has 1 nitrogen and oxygen atoms in total. The van der Waals surface area contributed by atoms with Gasteiger partial charge in [-0.15, -0.1) is 0 Å². The zero-order valence-corrected chi connectivity index (χ0v) is 17.3. The van der Waals surface area contributed by atoms with Gasteiger partial charge in [0.15, 0.2) is 0 Å². The number of hydrogen-bond donors (Lipinski definition) is 0.